The topological polar surface area (TPSA) is 74.2 Å². The van der Waals surface area contributed by atoms with Crippen LogP contribution in [0.15, 0.2) is 77.8 Å². The number of imide groups is 1. The van der Waals surface area contributed by atoms with Crippen LogP contribution in [0.25, 0.3) is 0 Å². The van der Waals surface area contributed by atoms with Gasteiger partial charge in [0, 0.05) is 23.1 Å². The van der Waals surface area contributed by atoms with Gasteiger partial charge in [0.1, 0.15) is 17.6 Å². The molecule has 1 fully saturated rings. The highest BCUT2D eigenvalue weighted by molar-refractivity contribution is 6.30. The molecule has 2 aliphatic rings. The molecular weight excluding hydrogens is 511 g/mol. The van der Waals surface area contributed by atoms with E-state index in [0.29, 0.717) is 40.3 Å². The number of hydrogen-bond acceptors (Lipinski definition) is 5. The largest absolute Gasteiger partial charge is 0.493 e. The van der Waals surface area contributed by atoms with Crippen molar-refractivity contribution in [3.63, 3.8) is 0 Å². The first-order valence-electron chi connectivity index (χ1n) is 12.1. The molecule has 1 saturated heterocycles. The molecule has 0 unspecified atom stereocenters. The second kappa shape index (κ2) is 10.9. The molecule has 37 heavy (non-hydrogen) atoms. The van der Waals surface area contributed by atoms with Crippen molar-refractivity contribution in [3.8, 4) is 5.75 Å². The van der Waals surface area contributed by atoms with Crippen LogP contribution in [0, 0.1) is 0 Å². The highest BCUT2D eigenvalue weighted by atomic mass is 35.5. The van der Waals surface area contributed by atoms with E-state index in [4.69, 9.17) is 32.9 Å². The quantitative estimate of drug-likeness (QED) is 0.467. The number of urea groups is 1. The molecule has 0 spiro atoms. The average Bonchev–Trinajstić information content (AvgIpc) is 3.30. The highest BCUT2D eigenvalue weighted by Crippen LogP contribution is 2.45. The molecule has 2 aliphatic heterocycles. The summed E-state index contributed by atoms with van der Waals surface area (Å²) in [6, 6.07) is 20.9. The van der Waals surface area contributed by atoms with E-state index < -0.39 is 18.1 Å². The number of para-hydroxylation sites is 1. The molecule has 3 aromatic carbocycles. The SMILES string of the molecule is CCOc1ccccc1C1=N[C@@H](c2ccc(Cl)cc2)[C@@H](c2ccc(Cl)cc2)N1C(=O)N1CCNCC1=O. The highest BCUT2D eigenvalue weighted by Gasteiger charge is 2.45. The molecule has 5 rings (SSSR count). The third-order valence-electron chi connectivity index (χ3n) is 6.44. The number of rotatable bonds is 5. The van der Waals surface area contributed by atoms with Gasteiger partial charge in [-0.3, -0.25) is 19.6 Å². The van der Waals surface area contributed by atoms with Crippen LogP contribution in [0.3, 0.4) is 0 Å². The number of piperazine rings is 1. The fourth-order valence-electron chi connectivity index (χ4n) is 4.73. The number of aliphatic imine (C=N–C) groups is 1. The minimum atomic E-state index is -0.529. The van der Waals surface area contributed by atoms with Crippen LogP contribution in [-0.4, -0.2) is 53.8 Å². The van der Waals surface area contributed by atoms with Crippen LogP contribution in [0.5, 0.6) is 5.75 Å². The summed E-state index contributed by atoms with van der Waals surface area (Å²) >= 11 is 12.4. The number of amides is 3. The summed E-state index contributed by atoms with van der Waals surface area (Å²) in [7, 11) is 0. The van der Waals surface area contributed by atoms with Crippen molar-refractivity contribution >= 4 is 41.0 Å². The monoisotopic (exact) mass is 536 g/mol. The fraction of sp³-hybridized carbons (Fsp3) is 0.250. The summed E-state index contributed by atoms with van der Waals surface area (Å²) < 4.78 is 5.91. The molecule has 0 saturated carbocycles. The van der Waals surface area contributed by atoms with Crippen molar-refractivity contribution in [1.82, 2.24) is 15.1 Å². The van der Waals surface area contributed by atoms with Crippen molar-refractivity contribution in [2.75, 3.05) is 26.2 Å². The van der Waals surface area contributed by atoms with Crippen LogP contribution in [0.2, 0.25) is 10.0 Å². The third-order valence-corrected chi connectivity index (χ3v) is 6.95. The standard InChI is InChI=1S/C28H26Cl2N4O3/c1-2-37-23-6-4-3-5-22(23)27-32-25(18-7-11-20(29)12-8-18)26(19-9-13-21(30)14-10-19)34(27)28(36)33-16-15-31-17-24(33)35/h3-14,25-26,31H,2,15-17H2,1H3/t25-,26+/m0/s1. The van der Waals surface area contributed by atoms with Gasteiger partial charge in [-0.05, 0) is 54.4 Å². The second-order valence-electron chi connectivity index (χ2n) is 8.75. The van der Waals surface area contributed by atoms with Crippen LogP contribution >= 0.6 is 23.2 Å². The Balaban J connectivity index is 1.70. The minimum Gasteiger partial charge on any atom is -0.493 e. The van der Waals surface area contributed by atoms with Crippen molar-refractivity contribution in [1.29, 1.82) is 0 Å². The van der Waals surface area contributed by atoms with E-state index in [1.165, 1.54) is 4.90 Å². The first kappa shape index (κ1) is 25.3. The average molecular weight is 537 g/mol. The summed E-state index contributed by atoms with van der Waals surface area (Å²) in [5.41, 5.74) is 2.40. The molecule has 0 bridgehead atoms. The molecule has 190 valence electrons. The lowest BCUT2D eigenvalue weighted by molar-refractivity contribution is -0.129. The third kappa shape index (κ3) is 5.07. The fourth-order valence-corrected chi connectivity index (χ4v) is 4.98. The zero-order valence-electron chi connectivity index (χ0n) is 20.2. The Morgan fingerprint density at radius 3 is 2.30 bits per heavy atom. The van der Waals surface area contributed by atoms with E-state index in [-0.39, 0.29) is 19.0 Å². The summed E-state index contributed by atoms with van der Waals surface area (Å²) in [6.07, 6.45) is 0. The molecule has 9 heteroatoms. The van der Waals surface area contributed by atoms with E-state index in [2.05, 4.69) is 5.32 Å². The van der Waals surface area contributed by atoms with Gasteiger partial charge >= 0.3 is 6.03 Å². The maximum atomic E-state index is 14.2. The number of carbonyl (C=O) groups excluding carboxylic acids is 2. The van der Waals surface area contributed by atoms with Crippen molar-refractivity contribution in [3.05, 3.63) is 99.5 Å². The van der Waals surface area contributed by atoms with Gasteiger partial charge in [-0.25, -0.2) is 4.79 Å². The number of nitrogens with one attached hydrogen (secondary N) is 1. The van der Waals surface area contributed by atoms with Crippen LogP contribution in [-0.2, 0) is 4.79 Å². The molecule has 3 amide bonds. The zero-order valence-corrected chi connectivity index (χ0v) is 21.7. The number of halogens is 2. The Labute approximate surface area is 225 Å². The summed E-state index contributed by atoms with van der Waals surface area (Å²) in [4.78, 5) is 35.0. The van der Waals surface area contributed by atoms with Crippen molar-refractivity contribution < 1.29 is 14.3 Å². The van der Waals surface area contributed by atoms with Crippen molar-refractivity contribution in [2.45, 2.75) is 19.0 Å². The number of nitrogens with zero attached hydrogens (tertiary/aromatic N) is 3. The van der Waals surface area contributed by atoms with Gasteiger partial charge in [0.15, 0.2) is 0 Å². The molecule has 7 nitrogen and oxygen atoms in total. The van der Waals surface area contributed by atoms with E-state index in [1.54, 1.807) is 17.0 Å². The predicted molar refractivity (Wildman–Crippen MR) is 144 cm³/mol. The summed E-state index contributed by atoms with van der Waals surface area (Å²) in [5, 5.41) is 4.22. The van der Waals surface area contributed by atoms with Gasteiger partial charge in [0.2, 0.25) is 5.91 Å². The Hall–Kier alpha value is -3.39. The zero-order chi connectivity index (χ0) is 25.9. The maximum absolute atomic E-state index is 14.2. The number of amidine groups is 1. The molecule has 3 aromatic rings. The first-order valence-corrected chi connectivity index (χ1v) is 12.9. The lowest BCUT2D eigenvalue weighted by Crippen LogP contribution is -2.56. The van der Waals surface area contributed by atoms with Gasteiger partial charge in [-0.2, -0.15) is 0 Å². The van der Waals surface area contributed by atoms with E-state index >= 15 is 0 Å². The Morgan fingerprint density at radius 1 is 1.00 bits per heavy atom. The number of hydrogen-bond donors (Lipinski definition) is 1. The van der Waals surface area contributed by atoms with Gasteiger partial charge in [0.25, 0.3) is 0 Å². The first-order chi connectivity index (χ1) is 18.0. The van der Waals surface area contributed by atoms with Crippen molar-refractivity contribution in [2.24, 2.45) is 4.99 Å². The van der Waals surface area contributed by atoms with Crippen LogP contribution < -0.4 is 10.1 Å². The van der Waals surface area contributed by atoms with Gasteiger partial charge in [-0.1, -0.05) is 59.6 Å². The second-order valence-corrected chi connectivity index (χ2v) is 9.62. The molecule has 2 heterocycles. The Bertz CT molecular complexity index is 1330. The Morgan fingerprint density at radius 2 is 1.65 bits per heavy atom. The van der Waals surface area contributed by atoms with E-state index in [1.807, 2.05) is 67.6 Å². The molecule has 0 aromatic heterocycles. The Kier molecular flexibility index (Phi) is 7.46. The van der Waals surface area contributed by atoms with E-state index in [9.17, 15) is 9.59 Å². The van der Waals surface area contributed by atoms with Gasteiger partial charge in [-0.15, -0.1) is 0 Å². The smallest absolute Gasteiger partial charge is 0.333 e. The molecule has 2 atom stereocenters. The molecular formula is C28H26Cl2N4O3. The summed E-state index contributed by atoms with van der Waals surface area (Å²) in [5.74, 6) is 0.776. The van der Waals surface area contributed by atoms with Gasteiger partial charge < -0.3 is 10.1 Å². The number of carbonyl (C=O) groups is 2. The van der Waals surface area contributed by atoms with Crippen LogP contribution in [0.1, 0.15) is 35.7 Å². The molecule has 0 aliphatic carbocycles. The lowest BCUT2D eigenvalue weighted by atomic mass is 9.93. The number of ether oxygens (including phenoxy) is 1. The maximum Gasteiger partial charge on any atom is 0.333 e. The summed E-state index contributed by atoms with van der Waals surface area (Å²) in [6.45, 7) is 3.26. The number of benzene rings is 3. The van der Waals surface area contributed by atoms with Crippen LogP contribution in [0.4, 0.5) is 4.79 Å². The van der Waals surface area contributed by atoms with E-state index in [0.717, 1.165) is 11.1 Å². The normalized spacial score (nSPS) is 19.6. The minimum absolute atomic E-state index is 0.105. The molecule has 1 N–H and O–H groups in total. The molecule has 0 radical (unpaired) electrons. The predicted octanol–water partition coefficient (Wildman–Crippen LogP) is 5.49. The van der Waals surface area contributed by atoms with Gasteiger partial charge in [0.05, 0.1) is 24.8 Å². The lowest BCUT2D eigenvalue weighted by Gasteiger charge is -2.35.